The summed E-state index contributed by atoms with van der Waals surface area (Å²) in [5.41, 5.74) is 2.54. The van der Waals surface area contributed by atoms with E-state index >= 15 is 0 Å². The van der Waals surface area contributed by atoms with Crippen LogP contribution in [0.3, 0.4) is 0 Å². The van der Waals surface area contributed by atoms with Crippen molar-refractivity contribution in [2.24, 2.45) is 5.92 Å². The van der Waals surface area contributed by atoms with Crippen LogP contribution in [0.4, 0.5) is 16.2 Å². The van der Waals surface area contributed by atoms with Gasteiger partial charge in [-0.3, -0.25) is 14.5 Å². The number of carboxylic acids is 1. The highest BCUT2D eigenvalue weighted by Crippen LogP contribution is 2.34. The number of nitrogens with one attached hydrogen (secondary N) is 3. The van der Waals surface area contributed by atoms with Crippen molar-refractivity contribution in [1.29, 1.82) is 0 Å². The Labute approximate surface area is 227 Å². The van der Waals surface area contributed by atoms with Crippen molar-refractivity contribution in [3.63, 3.8) is 0 Å². The lowest BCUT2D eigenvalue weighted by Gasteiger charge is -2.39. The summed E-state index contributed by atoms with van der Waals surface area (Å²) in [5.74, 6) is -2.35. The first-order valence-electron chi connectivity index (χ1n) is 12.8. The van der Waals surface area contributed by atoms with Crippen molar-refractivity contribution in [3.05, 3.63) is 96.1 Å². The van der Waals surface area contributed by atoms with Crippen LogP contribution in [0.2, 0.25) is 0 Å². The Morgan fingerprint density at radius 1 is 0.821 bits per heavy atom. The van der Waals surface area contributed by atoms with Crippen LogP contribution in [0.25, 0.3) is 0 Å². The number of carbonyl (C=O) groups excluding carboxylic acids is 3. The molecule has 4 N–H and O–H groups in total. The average molecular weight is 529 g/mol. The van der Waals surface area contributed by atoms with Crippen molar-refractivity contribution in [1.82, 2.24) is 10.6 Å². The summed E-state index contributed by atoms with van der Waals surface area (Å²) in [6.07, 6.45) is 0.215. The lowest BCUT2D eigenvalue weighted by molar-refractivity contribution is -0.142. The van der Waals surface area contributed by atoms with Gasteiger partial charge in [-0.1, -0.05) is 86.6 Å². The van der Waals surface area contributed by atoms with E-state index in [4.69, 9.17) is 0 Å². The summed E-state index contributed by atoms with van der Waals surface area (Å²) in [6.45, 7) is 3.68. The highest BCUT2D eigenvalue weighted by atomic mass is 16.4. The van der Waals surface area contributed by atoms with E-state index in [1.165, 1.54) is 4.90 Å². The second kappa shape index (κ2) is 12.3. The number of rotatable bonds is 9. The number of hydrogen-bond acceptors (Lipinski definition) is 4. The Balaban J connectivity index is 1.61. The SMILES string of the molecule is CC(C)[C@@H]1C(=O)Nc2ccccc2N1C(=O)N[C@@H](Cc1ccccc1)C(=O)N[C@@H](Cc1ccccc1)C(=O)O. The summed E-state index contributed by atoms with van der Waals surface area (Å²) in [4.78, 5) is 53.6. The van der Waals surface area contributed by atoms with Gasteiger partial charge >= 0.3 is 12.0 Å². The smallest absolute Gasteiger partial charge is 0.326 e. The quantitative estimate of drug-likeness (QED) is 0.337. The van der Waals surface area contributed by atoms with Crippen LogP contribution < -0.4 is 20.9 Å². The number of nitrogens with zero attached hydrogens (tertiary/aromatic N) is 1. The highest BCUT2D eigenvalue weighted by Gasteiger charge is 2.40. The Morgan fingerprint density at radius 2 is 1.36 bits per heavy atom. The maximum atomic E-state index is 13.8. The van der Waals surface area contributed by atoms with Crippen LogP contribution in [0.1, 0.15) is 25.0 Å². The van der Waals surface area contributed by atoms with Crippen LogP contribution in [0.5, 0.6) is 0 Å². The van der Waals surface area contributed by atoms with Crippen molar-refractivity contribution in [2.45, 2.75) is 44.8 Å². The lowest BCUT2D eigenvalue weighted by Crippen LogP contribution is -2.60. The molecule has 3 aromatic rings. The van der Waals surface area contributed by atoms with Crippen LogP contribution in [0.15, 0.2) is 84.9 Å². The number of carbonyl (C=O) groups is 4. The van der Waals surface area contributed by atoms with Gasteiger partial charge in [0.1, 0.15) is 18.1 Å². The fourth-order valence-corrected chi connectivity index (χ4v) is 4.70. The molecule has 4 rings (SSSR count). The molecule has 1 heterocycles. The molecule has 0 radical (unpaired) electrons. The molecule has 39 heavy (non-hydrogen) atoms. The number of amides is 4. The molecule has 9 nitrogen and oxygen atoms in total. The van der Waals surface area contributed by atoms with Gasteiger partial charge in [-0.2, -0.15) is 0 Å². The van der Waals surface area contributed by atoms with E-state index in [0.717, 1.165) is 11.1 Å². The third kappa shape index (κ3) is 6.62. The van der Waals surface area contributed by atoms with Crippen molar-refractivity contribution < 1.29 is 24.3 Å². The van der Waals surface area contributed by atoms with Gasteiger partial charge in [-0.15, -0.1) is 0 Å². The van der Waals surface area contributed by atoms with Crippen molar-refractivity contribution in [2.75, 3.05) is 10.2 Å². The zero-order valence-electron chi connectivity index (χ0n) is 21.8. The largest absolute Gasteiger partial charge is 0.480 e. The third-order valence-electron chi connectivity index (χ3n) is 6.61. The molecule has 0 aliphatic carbocycles. The predicted octanol–water partition coefficient (Wildman–Crippen LogP) is 3.60. The molecule has 9 heteroatoms. The third-order valence-corrected chi connectivity index (χ3v) is 6.61. The van der Waals surface area contributed by atoms with E-state index in [1.54, 1.807) is 48.5 Å². The highest BCUT2D eigenvalue weighted by molar-refractivity contribution is 6.12. The maximum Gasteiger partial charge on any atom is 0.326 e. The Morgan fingerprint density at radius 3 is 1.92 bits per heavy atom. The summed E-state index contributed by atoms with van der Waals surface area (Å²) >= 11 is 0. The molecular weight excluding hydrogens is 496 g/mol. The molecular formula is C30H32N4O5. The number of carboxylic acid groups (broad SMARTS) is 1. The van der Waals surface area contributed by atoms with Crippen LogP contribution >= 0.6 is 0 Å². The van der Waals surface area contributed by atoms with E-state index < -0.39 is 36.0 Å². The molecule has 3 aromatic carbocycles. The van der Waals surface area contributed by atoms with Gasteiger partial charge in [0.05, 0.1) is 11.4 Å². The minimum Gasteiger partial charge on any atom is -0.480 e. The van der Waals surface area contributed by atoms with Crippen LogP contribution in [0, 0.1) is 5.92 Å². The molecule has 202 valence electrons. The minimum absolute atomic E-state index is 0.0863. The molecule has 4 amide bonds. The normalized spacial score (nSPS) is 16.0. The molecule has 0 saturated heterocycles. The van der Waals surface area contributed by atoms with E-state index in [2.05, 4.69) is 16.0 Å². The molecule has 0 fully saturated rings. The van der Waals surface area contributed by atoms with Gasteiger partial charge in [-0.05, 0) is 29.2 Å². The molecule has 1 aliphatic heterocycles. The zero-order valence-corrected chi connectivity index (χ0v) is 21.8. The van der Waals surface area contributed by atoms with Crippen LogP contribution in [-0.4, -0.2) is 47.0 Å². The summed E-state index contributed by atoms with van der Waals surface area (Å²) < 4.78 is 0. The topological polar surface area (TPSA) is 128 Å². The molecule has 3 atom stereocenters. The van der Waals surface area contributed by atoms with Gasteiger partial charge in [-0.25, -0.2) is 9.59 Å². The van der Waals surface area contributed by atoms with E-state index in [-0.39, 0.29) is 24.7 Å². The number of anilines is 2. The van der Waals surface area contributed by atoms with E-state index in [1.807, 2.05) is 50.2 Å². The molecule has 0 spiro atoms. The Hall–Kier alpha value is -4.66. The number of fused-ring (bicyclic) bond motifs is 1. The standard InChI is InChI=1S/C30H32N4O5/c1-19(2)26-28(36)31-22-15-9-10-16-25(22)34(26)30(39)33-23(17-20-11-5-3-6-12-20)27(35)32-24(29(37)38)18-21-13-7-4-8-14-21/h3-16,19,23-24,26H,17-18H2,1-2H3,(H,31,36)(H,32,35)(H,33,39)(H,37,38)/t23-,24-,26+/m0/s1. The summed E-state index contributed by atoms with van der Waals surface area (Å²) in [6, 6.07) is 21.4. The molecule has 0 saturated carbocycles. The molecule has 0 unspecified atom stereocenters. The first kappa shape index (κ1) is 27.4. The second-order valence-electron chi connectivity index (χ2n) is 9.85. The Bertz CT molecular complexity index is 1330. The van der Waals surface area contributed by atoms with Gasteiger partial charge in [0.2, 0.25) is 11.8 Å². The first-order chi connectivity index (χ1) is 18.7. The minimum atomic E-state index is -1.19. The number of benzene rings is 3. The molecule has 0 aromatic heterocycles. The fourth-order valence-electron chi connectivity index (χ4n) is 4.70. The average Bonchev–Trinajstić information content (AvgIpc) is 2.92. The molecule has 0 bridgehead atoms. The number of urea groups is 1. The molecule has 1 aliphatic rings. The second-order valence-corrected chi connectivity index (χ2v) is 9.85. The van der Waals surface area contributed by atoms with Crippen molar-refractivity contribution in [3.8, 4) is 0 Å². The van der Waals surface area contributed by atoms with Gasteiger partial charge in [0.25, 0.3) is 0 Å². The van der Waals surface area contributed by atoms with E-state index in [9.17, 15) is 24.3 Å². The van der Waals surface area contributed by atoms with Crippen molar-refractivity contribution >= 4 is 35.2 Å². The van der Waals surface area contributed by atoms with Gasteiger partial charge in [0.15, 0.2) is 0 Å². The number of aliphatic carboxylic acids is 1. The predicted molar refractivity (Wildman–Crippen MR) is 148 cm³/mol. The zero-order chi connectivity index (χ0) is 27.9. The summed E-state index contributed by atoms with van der Waals surface area (Å²) in [5, 5.41) is 18.1. The van der Waals surface area contributed by atoms with Gasteiger partial charge in [0, 0.05) is 12.8 Å². The van der Waals surface area contributed by atoms with E-state index in [0.29, 0.717) is 11.4 Å². The lowest BCUT2D eigenvalue weighted by atomic mass is 9.97. The Kier molecular flexibility index (Phi) is 8.60. The summed E-state index contributed by atoms with van der Waals surface area (Å²) in [7, 11) is 0. The van der Waals surface area contributed by atoms with Crippen LogP contribution in [-0.2, 0) is 27.2 Å². The first-order valence-corrected chi connectivity index (χ1v) is 12.8. The number of hydrogen-bond donors (Lipinski definition) is 4. The maximum absolute atomic E-state index is 13.8. The monoisotopic (exact) mass is 528 g/mol. The van der Waals surface area contributed by atoms with Gasteiger partial charge < -0.3 is 21.1 Å². The number of para-hydroxylation sites is 2. The fraction of sp³-hybridized carbons (Fsp3) is 0.267.